The van der Waals surface area contributed by atoms with Crippen molar-refractivity contribution >= 4 is 24.2 Å². The van der Waals surface area contributed by atoms with E-state index in [1.165, 1.54) is 10.4 Å². The fourth-order valence-corrected chi connectivity index (χ4v) is 11.4. The van der Waals surface area contributed by atoms with Crippen molar-refractivity contribution in [3.63, 3.8) is 0 Å². The molecular weight excluding hydrogens is 380 g/mol. The number of hydrogen-bond acceptors (Lipinski definition) is 1. The van der Waals surface area contributed by atoms with E-state index in [9.17, 15) is 4.79 Å². The SMILES string of the molecule is CCCCC(=O)C(c1ccccc1)[Si](c1ccccc1)(c1ccccc1)C(C)(C)C. The molecule has 3 aromatic carbocycles. The minimum absolute atomic E-state index is 0.0575. The largest absolute Gasteiger partial charge is 0.299 e. The molecule has 0 aliphatic heterocycles. The van der Waals surface area contributed by atoms with E-state index < -0.39 is 8.07 Å². The summed E-state index contributed by atoms with van der Waals surface area (Å²) in [5, 5.41) is 2.61. The van der Waals surface area contributed by atoms with Gasteiger partial charge in [-0.15, -0.1) is 0 Å². The molecule has 0 fully saturated rings. The Balaban J connectivity index is 2.39. The van der Waals surface area contributed by atoms with E-state index in [0.29, 0.717) is 12.2 Å². The predicted molar refractivity (Wildman–Crippen MR) is 131 cm³/mol. The first-order chi connectivity index (χ1) is 14.4. The van der Waals surface area contributed by atoms with Gasteiger partial charge in [-0.1, -0.05) is 135 Å². The van der Waals surface area contributed by atoms with E-state index in [1.54, 1.807) is 0 Å². The highest BCUT2D eigenvalue weighted by Gasteiger charge is 2.55. The van der Waals surface area contributed by atoms with Crippen molar-refractivity contribution in [1.82, 2.24) is 0 Å². The molecule has 1 unspecified atom stereocenters. The molecule has 1 nitrogen and oxygen atoms in total. The first kappa shape index (κ1) is 22.2. The second-order valence-electron chi connectivity index (χ2n) is 9.20. The van der Waals surface area contributed by atoms with Crippen LogP contribution in [0.1, 0.15) is 58.1 Å². The van der Waals surface area contributed by atoms with Gasteiger partial charge in [0.1, 0.15) is 13.9 Å². The maximum Gasteiger partial charge on any atom is 0.138 e. The van der Waals surface area contributed by atoms with Crippen LogP contribution in [-0.4, -0.2) is 13.9 Å². The second kappa shape index (κ2) is 9.57. The predicted octanol–water partition coefficient (Wildman–Crippen LogP) is 6.13. The summed E-state index contributed by atoms with van der Waals surface area (Å²) < 4.78 is 0. The summed E-state index contributed by atoms with van der Waals surface area (Å²) >= 11 is 0. The van der Waals surface area contributed by atoms with Crippen molar-refractivity contribution in [3.8, 4) is 0 Å². The molecule has 0 amide bonds. The fraction of sp³-hybridized carbons (Fsp3) is 0.321. The molecule has 0 saturated carbocycles. The van der Waals surface area contributed by atoms with E-state index in [2.05, 4.69) is 113 Å². The quantitative estimate of drug-likeness (QED) is 0.405. The van der Waals surface area contributed by atoms with Gasteiger partial charge in [0.25, 0.3) is 0 Å². The van der Waals surface area contributed by atoms with Crippen molar-refractivity contribution in [3.05, 3.63) is 96.6 Å². The number of rotatable bonds is 8. The van der Waals surface area contributed by atoms with Crippen LogP contribution >= 0.6 is 0 Å². The minimum Gasteiger partial charge on any atom is -0.299 e. The van der Waals surface area contributed by atoms with Crippen LogP contribution in [0.15, 0.2) is 91.0 Å². The van der Waals surface area contributed by atoms with Gasteiger partial charge in [-0.2, -0.15) is 0 Å². The van der Waals surface area contributed by atoms with E-state index >= 15 is 0 Å². The molecule has 0 bridgehead atoms. The molecular formula is C28H34OSi. The van der Waals surface area contributed by atoms with Crippen molar-refractivity contribution < 1.29 is 4.79 Å². The standard InChI is InChI=1S/C28H34OSi/c1-5-6-22-26(29)27(23-16-10-7-11-17-23)30(28(2,3)4,24-18-12-8-13-19-24)25-20-14-9-15-21-25/h7-21,27H,5-6,22H2,1-4H3. The number of benzene rings is 3. The van der Waals surface area contributed by atoms with Gasteiger partial charge in [0, 0.05) is 12.0 Å². The molecule has 3 rings (SSSR count). The van der Waals surface area contributed by atoms with Gasteiger partial charge < -0.3 is 0 Å². The van der Waals surface area contributed by atoms with E-state index in [1.807, 2.05) is 6.07 Å². The van der Waals surface area contributed by atoms with Crippen LogP contribution in [0.3, 0.4) is 0 Å². The molecule has 0 radical (unpaired) electrons. The Morgan fingerprint density at radius 3 is 1.60 bits per heavy atom. The average Bonchev–Trinajstić information content (AvgIpc) is 2.76. The Kier molecular flexibility index (Phi) is 7.09. The Labute approximate surface area is 183 Å². The molecule has 0 spiro atoms. The van der Waals surface area contributed by atoms with Crippen molar-refractivity contribution in [2.75, 3.05) is 0 Å². The highest BCUT2D eigenvalue weighted by Crippen LogP contribution is 2.45. The summed E-state index contributed by atoms with van der Waals surface area (Å²) in [5.41, 5.74) is 1.04. The van der Waals surface area contributed by atoms with Gasteiger partial charge in [0.2, 0.25) is 0 Å². The maximum absolute atomic E-state index is 14.0. The highest BCUT2D eigenvalue weighted by atomic mass is 28.3. The van der Waals surface area contributed by atoms with Crippen molar-refractivity contribution in [1.29, 1.82) is 0 Å². The first-order valence-corrected chi connectivity index (χ1v) is 13.2. The molecule has 2 heteroatoms. The molecule has 0 aliphatic rings. The van der Waals surface area contributed by atoms with Crippen LogP contribution in [0, 0.1) is 0 Å². The first-order valence-electron chi connectivity index (χ1n) is 11.1. The molecule has 0 heterocycles. The normalized spacial score (nSPS) is 13.1. The second-order valence-corrected chi connectivity index (χ2v) is 14.1. The summed E-state index contributed by atoms with van der Waals surface area (Å²) in [5.74, 6) is 0.386. The molecule has 0 aliphatic carbocycles. The monoisotopic (exact) mass is 414 g/mol. The number of carbonyl (C=O) groups is 1. The summed E-state index contributed by atoms with van der Waals surface area (Å²) in [4.78, 5) is 14.0. The third kappa shape index (κ3) is 4.20. The van der Waals surface area contributed by atoms with Gasteiger partial charge in [0.05, 0.1) is 0 Å². The molecule has 0 N–H and O–H groups in total. The number of Topliss-reactive ketones (excluding diaryl/α,β-unsaturated/α-hetero) is 1. The lowest BCUT2D eigenvalue weighted by molar-refractivity contribution is -0.119. The van der Waals surface area contributed by atoms with Gasteiger partial charge in [-0.25, -0.2) is 0 Å². The van der Waals surface area contributed by atoms with Crippen LogP contribution in [0.5, 0.6) is 0 Å². The van der Waals surface area contributed by atoms with Crippen LogP contribution in [0.2, 0.25) is 5.04 Å². The molecule has 156 valence electrons. The highest BCUT2D eigenvalue weighted by molar-refractivity contribution is 7.06. The van der Waals surface area contributed by atoms with Crippen LogP contribution in [0.4, 0.5) is 0 Å². The molecule has 1 atom stereocenters. The number of unbranched alkanes of at least 4 members (excludes halogenated alkanes) is 1. The van der Waals surface area contributed by atoms with Gasteiger partial charge in [0.15, 0.2) is 0 Å². The molecule has 0 saturated heterocycles. The van der Waals surface area contributed by atoms with Crippen molar-refractivity contribution in [2.45, 2.75) is 57.5 Å². The lowest BCUT2D eigenvalue weighted by atomic mass is 10.0. The zero-order chi connectivity index (χ0) is 21.6. The Morgan fingerprint density at radius 2 is 1.20 bits per heavy atom. The zero-order valence-electron chi connectivity index (χ0n) is 18.8. The lowest BCUT2D eigenvalue weighted by Gasteiger charge is -2.49. The van der Waals surface area contributed by atoms with Crippen LogP contribution in [0.25, 0.3) is 0 Å². The summed E-state index contributed by atoms with van der Waals surface area (Å²) in [6.07, 6.45) is 2.62. The maximum atomic E-state index is 14.0. The molecule has 30 heavy (non-hydrogen) atoms. The number of hydrogen-bond donors (Lipinski definition) is 0. The number of ketones is 1. The topological polar surface area (TPSA) is 17.1 Å². The van der Waals surface area contributed by atoms with E-state index in [0.717, 1.165) is 18.4 Å². The van der Waals surface area contributed by atoms with Crippen molar-refractivity contribution in [2.24, 2.45) is 0 Å². The van der Waals surface area contributed by atoms with Gasteiger partial charge >= 0.3 is 0 Å². The Hall–Kier alpha value is -2.45. The summed E-state index contributed by atoms with van der Waals surface area (Å²) in [6.45, 7) is 9.17. The average molecular weight is 415 g/mol. The Morgan fingerprint density at radius 1 is 0.767 bits per heavy atom. The van der Waals surface area contributed by atoms with Gasteiger partial charge in [-0.05, 0) is 17.0 Å². The Bertz CT molecular complexity index is 887. The lowest BCUT2D eigenvalue weighted by Crippen LogP contribution is -2.69. The summed E-state index contributed by atoms with van der Waals surface area (Å²) in [6, 6.07) is 32.2. The molecule has 0 aromatic heterocycles. The molecule has 3 aromatic rings. The zero-order valence-corrected chi connectivity index (χ0v) is 19.8. The third-order valence-electron chi connectivity index (χ3n) is 6.31. The van der Waals surface area contributed by atoms with Crippen LogP contribution in [-0.2, 0) is 4.79 Å². The van der Waals surface area contributed by atoms with E-state index in [-0.39, 0.29) is 10.6 Å². The van der Waals surface area contributed by atoms with Gasteiger partial charge in [-0.3, -0.25) is 4.79 Å². The third-order valence-corrected chi connectivity index (χ3v) is 12.7. The van der Waals surface area contributed by atoms with E-state index in [4.69, 9.17) is 0 Å². The minimum atomic E-state index is -2.58. The van der Waals surface area contributed by atoms with Crippen LogP contribution < -0.4 is 10.4 Å². The fourth-order valence-electron chi connectivity index (χ4n) is 5.02. The number of carbonyl (C=O) groups excluding carboxylic acids is 1. The smallest absolute Gasteiger partial charge is 0.138 e. The summed E-state index contributed by atoms with van der Waals surface area (Å²) in [7, 11) is -2.58.